The largest absolute Gasteiger partial charge is 0.464 e. The van der Waals surface area contributed by atoms with Crippen LogP contribution in [-0.4, -0.2) is 34.9 Å². The van der Waals surface area contributed by atoms with E-state index in [2.05, 4.69) is 9.72 Å². The number of amides is 1. The van der Waals surface area contributed by atoms with Gasteiger partial charge in [-0.25, -0.2) is 9.78 Å². The standard InChI is InChI=1S/C13H18N2O3S/c1-8(2)15(12(16)9-4-5-9)6-11-14-10(7-19-11)13(17)18-3/h7-9H,4-6H2,1-3H3. The molecule has 1 aliphatic rings. The highest BCUT2D eigenvalue weighted by Crippen LogP contribution is 2.32. The summed E-state index contributed by atoms with van der Waals surface area (Å²) in [5, 5.41) is 2.43. The number of carbonyl (C=O) groups is 2. The van der Waals surface area contributed by atoms with Crippen LogP contribution in [0.4, 0.5) is 0 Å². The van der Waals surface area contributed by atoms with Gasteiger partial charge in [-0.1, -0.05) is 0 Å². The topological polar surface area (TPSA) is 59.5 Å². The molecule has 19 heavy (non-hydrogen) atoms. The van der Waals surface area contributed by atoms with E-state index in [9.17, 15) is 9.59 Å². The molecule has 6 heteroatoms. The fraction of sp³-hybridized carbons (Fsp3) is 0.615. The van der Waals surface area contributed by atoms with Gasteiger partial charge in [-0.15, -0.1) is 11.3 Å². The molecular weight excluding hydrogens is 264 g/mol. The smallest absolute Gasteiger partial charge is 0.357 e. The molecule has 1 amide bonds. The molecule has 0 radical (unpaired) electrons. The Balaban J connectivity index is 2.06. The SMILES string of the molecule is COC(=O)c1csc(CN(C(=O)C2CC2)C(C)C)n1. The van der Waals surface area contributed by atoms with Crippen molar-refractivity contribution in [3.05, 3.63) is 16.1 Å². The number of methoxy groups -OCH3 is 1. The molecule has 0 N–H and O–H groups in total. The highest BCUT2D eigenvalue weighted by molar-refractivity contribution is 7.09. The summed E-state index contributed by atoms with van der Waals surface area (Å²) in [6.45, 7) is 4.46. The average molecular weight is 282 g/mol. The van der Waals surface area contributed by atoms with Crippen LogP contribution < -0.4 is 0 Å². The van der Waals surface area contributed by atoms with Gasteiger partial charge in [0.2, 0.25) is 5.91 Å². The summed E-state index contributed by atoms with van der Waals surface area (Å²) >= 11 is 1.38. The van der Waals surface area contributed by atoms with Crippen LogP contribution in [0, 0.1) is 5.92 Å². The number of hydrogen-bond acceptors (Lipinski definition) is 5. The van der Waals surface area contributed by atoms with Gasteiger partial charge in [-0.2, -0.15) is 0 Å². The van der Waals surface area contributed by atoms with E-state index in [1.54, 1.807) is 5.38 Å². The van der Waals surface area contributed by atoms with Crippen LogP contribution in [0.2, 0.25) is 0 Å². The first-order chi connectivity index (χ1) is 9.02. The minimum Gasteiger partial charge on any atom is -0.464 e. The monoisotopic (exact) mass is 282 g/mol. The maximum absolute atomic E-state index is 12.2. The summed E-state index contributed by atoms with van der Waals surface area (Å²) in [4.78, 5) is 29.5. The molecule has 0 spiro atoms. The van der Waals surface area contributed by atoms with Crippen molar-refractivity contribution in [3.63, 3.8) is 0 Å². The minimum atomic E-state index is -0.438. The first-order valence-electron chi connectivity index (χ1n) is 6.36. The molecule has 0 bridgehead atoms. The summed E-state index contributed by atoms with van der Waals surface area (Å²) in [6.07, 6.45) is 1.99. The maximum Gasteiger partial charge on any atom is 0.357 e. The lowest BCUT2D eigenvalue weighted by Gasteiger charge is -2.25. The van der Waals surface area contributed by atoms with Crippen molar-refractivity contribution in [1.82, 2.24) is 9.88 Å². The third-order valence-corrected chi connectivity index (χ3v) is 3.92. The normalized spacial score (nSPS) is 14.5. The van der Waals surface area contributed by atoms with Crippen molar-refractivity contribution >= 4 is 23.2 Å². The average Bonchev–Trinajstić information content (AvgIpc) is 3.13. The molecule has 1 aliphatic carbocycles. The number of thiazole rings is 1. The van der Waals surface area contributed by atoms with E-state index in [4.69, 9.17) is 0 Å². The van der Waals surface area contributed by atoms with Crippen LogP contribution in [0.25, 0.3) is 0 Å². The maximum atomic E-state index is 12.2. The number of carbonyl (C=O) groups excluding carboxylic acids is 2. The van der Waals surface area contributed by atoms with Crippen LogP contribution in [0.3, 0.4) is 0 Å². The van der Waals surface area contributed by atoms with E-state index in [0.717, 1.165) is 17.8 Å². The number of nitrogens with zero attached hydrogens (tertiary/aromatic N) is 2. The lowest BCUT2D eigenvalue weighted by Crippen LogP contribution is -2.37. The zero-order valence-corrected chi connectivity index (χ0v) is 12.2. The predicted molar refractivity (Wildman–Crippen MR) is 71.9 cm³/mol. The van der Waals surface area contributed by atoms with Crippen molar-refractivity contribution in [3.8, 4) is 0 Å². The van der Waals surface area contributed by atoms with Crippen molar-refractivity contribution in [1.29, 1.82) is 0 Å². The predicted octanol–water partition coefficient (Wildman–Crippen LogP) is 2.08. The van der Waals surface area contributed by atoms with Gasteiger partial charge in [0.05, 0.1) is 13.7 Å². The summed E-state index contributed by atoms with van der Waals surface area (Å²) in [5.74, 6) is -0.0422. The lowest BCUT2D eigenvalue weighted by atomic mass is 10.2. The van der Waals surface area contributed by atoms with Gasteiger partial charge < -0.3 is 9.64 Å². The Kier molecular flexibility index (Phi) is 4.19. The Hall–Kier alpha value is -1.43. The van der Waals surface area contributed by atoms with E-state index in [-0.39, 0.29) is 17.9 Å². The number of hydrogen-bond donors (Lipinski definition) is 0. The fourth-order valence-electron chi connectivity index (χ4n) is 1.81. The zero-order valence-electron chi connectivity index (χ0n) is 11.4. The zero-order chi connectivity index (χ0) is 14.0. The van der Waals surface area contributed by atoms with Crippen LogP contribution in [-0.2, 0) is 16.1 Å². The second kappa shape index (κ2) is 5.69. The van der Waals surface area contributed by atoms with Gasteiger partial charge in [0.1, 0.15) is 5.01 Å². The van der Waals surface area contributed by atoms with E-state index < -0.39 is 5.97 Å². The molecule has 104 valence electrons. The van der Waals surface area contributed by atoms with Crippen LogP contribution >= 0.6 is 11.3 Å². The van der Waals surface area contributed by atoms with Crippen molar-refractivity contribution in [2.45, 2.75) is 39.3 Å². The highest BCUT2D eigenvalue weighted by Gasteiger charge is 2.34. The van der Waals surface area contributed by atoms with Gasteiger partial charge in [-0.3, -0.25) is 4.79 Å². The first-order valence-corrected chi connectivity index (χ1v) is 7.24. The fourth-order valence-corrected chi connectivity index (χ4v) is 2.57. The molecule has 1 saturated carbocycles. The van der Waals surface area contributed by atoms with Gasteiger partial charge in [0, 0.05) is 17.3 Å². The lowest BCUT2D eigenvalue weighted by molar-refractivity contribution is -0.134. The molecule has 0 atom stereocenters. The molecule has 0 saturated heterocycles. The second-order valence-electron chi connectivity index (χ2n) is 4.95. The summed E-state index contributed by atoms with van der Waals surface area (Å²) in [5.41, 5.74) is 0.310. The molecule has 5 nitrogen and oxygen atoms in total. The summed E-state index contributed by atoms with van der Waals surface area (Å²) < 4.78 is 4.62. The quantitative estimate of drug-likeness (QED) is 0.776. The summed E-state index contributed by atoms with van der Waals surface area (Å²) in [6, 6.07) is 0.138. The van der Waals surface area contributed by atoms with Crippen LogP contribution in [0.15, 0.2) is 5.38 Å². The number of aromatic nitrogens is 1. The van der Waals surface area contributed by atoms with E-state index in [1.165, 1.54) is 18.4 Å². The number of rotatable bonds is 5. The van der Waals surface area contributed by atoms with E-state index in [0.29, 0.717) is 12.2 Å². The van der Waals surface area contributed by atoms with E-state index in [1.807, 2.05) is 18.7 Å². The first kappa shape index (κ1) is 14.0. The van der Waals surface area contributed by atoms with Gasteiger partial charge in [0.15, 0.2) is 5.69 Å². The van der Waals surface area contributed by atoms with Crippen LogP contribution in [0.1, 0.15) is 42.2 Å². The Morgan fingerprint density at radius 3 is 2.74 bits per heavy atom. The Morgan fingerprint density at radius 2 is 2.21 bits per heavy atom. The molecule has 0 aliphatic heterocycles. The third kappa shape index (κ3) is 3.32. The minimum absolute atomic E-state index is 0.138. The van der Waals surface area contributed by atoms with E-state index >= 15 is 0 Å². The second-order valence-corrected chi connectivity index (χ2v) is 5.89. The Morgan fingerprint density at radius 1 is 1.53 bits per heavy atom. The molecule has 0 unspecified atom stereocenters. The molecule has 1 fully saturated rings. The molecule has 1 heterocycles. The van der Waals surface area contributed by atoms with Crippen molar-refractivity contribution in [2.24, 2.45) is 5.92 Å². The van der Waals surface area contributed by atoms with Crippen molar-refractivity contribution < 1.29 is 14.3 Å². The molecule has 0 aromatic carbocycles. The molecule has 1 aromatic heterocycles. The van der Waals surface area contributed by atoms with Gasteiger partial charge in [-0.05, 0) is 26.7 Å². The highest BCUT2D eigenvalue weighted by atomic mass is 32.1. The Labute approximate surface area is 116 Å². The number of esters is 1. The van der Waals surface area contributed by atoms with Crippen molar-refractivity contribution in [2.75, 3.05) is 7.11 Å². The molecule has 1 aromatic rings. The third-order valence-electron chi connectivity index (χ3n) is 3.08. The Bertz CT molecular complexity index is 480. The number of ether oxygens (including phenoxy) is 1. The van der Waals surface area contributed by atoms with Gasteiger partial charge >= 0.3 is 5.97 Å². The van der Waals surface area contributed by atoms with Gasteiger partial charge in [0.25, 0.3) is 0 Å². The summed E-state index contributed by atoms with van der Waals surface area (Å²) in [7, 11) is 1.33. The van der Waals surface area contributed by atoms with Crippen LogP contribution in [0.5, 0.6) is 0 Å². The molecular formula is C13H18N2O3S. The molecule has 2 rings (SSSR count).